The van der Waals surface area contributed by atoms with E-state index < -0.39 is 0 Å². The molecule has 0 N–H and O–H groups in total. The number of hydrogen-bond acceptors (Lipinski definition) is 3. The monoisotopic (exact) mass is 327 g/mol. The van der Waals surface area contributed by atoms with Gasteiger partial charge in [-0.15, -0.1) is 0 Å². The fourth-order valence-electron chi connectivity index (χ4n) is 3.11. The Labute approximate surface area is 142 Å². The van der Waals surface area contributed by atoms with Crippen LogP contribution in [0.15, 0.2) is 0 Å². The minimum Gasteiger partial charge on any atom is -0.350 e. The first kappa shape index (κ1) is 20.4. The van der Waals surface area contributed by atoms with Crippen LogP contribution in [0.4, 0.5) is 0 Å². The molecule has 4 nitrogen and oxygen atoms in total. The summed E-state index contributed by atoms with van der Waals surface area (Å²) in [7, 11) is 0. The molecule has 0 aromatic rings. The molecule has 23 heavy (non-hydrogen) atoms. The summed E-state index contributed by atoms with van der Waals surface area (Å²) >= 11 is 0. The molecular weight excluding hydrogens is 290 g/mol. The highest BCUT2D eigenvalue weighted by atomic mass is 16.7. The Morgan fingerprint density at radius 1 is 1.26 bits per heavy atom. The molecular formula is C19H37NO3. The highest BCUT2D eigenvalue weighted by molar-refractivity contribution is 5.78. The van der Waals surface area contributed by atoms with Gasteiger partial charge >= 0.3 is 0 Å². The van der Waals surface area contributed by atoms with Gasteiger partial charge in [-0.25, -0.2) is 0 Å². The van der Waals surface area contributed by atoms with E-state index >= 15 is 0 Å². The Balaban J connectivity index is 0.000000238. The first-order valence-corrected chi connectivity index (χ1v) is 9.62. The van der Waals surface area contributed by atoms with Crippen LogP contribution in [-0.4, -0.2) is 41.9 Å². The highest BCUT2D eigenvalue weighted by Gasteiger charge is 2.25. The van der Waals surface area contributed by atoms with Gasteiger partial charge in [-0.1, -0.05) is 27.2 Å². The minimum atomic E-state index is 0.0636. The zero-order chi connectivity index (χ0) is 17.2. The van der Waals surface area contributed by atoms with Crippen molar-refractivity contribution in [3.05, 3.63) is 0 Å². The molecule has 0 radical (unpaired) electrons. The third-order valence-electron chi connectivity index (χ3n) is 4.80. The molecule has 0 spiro atoms. The van der Waals surface area contributed by atoms with Crippen LogP contribution in [0.1, 0.15) is 86.0 Å². The maximum Gasteiger partial charge on any atom is 0.222 e. The van der Waals surface area contributed by atoms with Crippen LogP contribution in [0.5, 0.6) is 0 Å². The van der Waals surface area contributed by atoms with Crippen molar-refractivity contribution in [2.45, 2.75) is 111 Å². The zero-order valence-corrected chi connectivity index (χ0v) is 15.8. The van der Waals surface area contributed by atoms with E-state index in [1.165, 1.54) is 12.8 Å². The van der Waals surface area contributed by atoms with E-state index in [-0.39, 0.29) is 6.29 Å². The lowest BCUT2D eigenvalue weighted by molar-refractivity contribution is -0.241. The van der Waals surface area contributed by atoms with Crippen molar-refractivity contribution in [1.82, 2.24) is 4.90 Å². The summed E-state index contributed by atoms with van der Waals surface area (Å²) in [6, 6.07) is 0.454. The summed E-state index contributed by atoms with van der Waals surface area (Å²) in [5.74, 6) is 0.342. The predicted molar refractivity (Wildman–Crippen MR) is 94.3 cm³/mol. The largest absolute Gasteiger partial charge is 0.350 e. The van der Waals surface area contributed by atoms with Gasteiger partial charge in [-0.2, -0.15) is 0 Å². The molecule has 0 saturated carbocycles. The molecule has 2 fully saturated rings. The van der Waals surface area contributed by atoms with Crippen LogP contribution < -0.4 is 0 Å². The Bertz CT molecular complexity index is 335. The number of ether oxygens (including phenoxy) is 2. The van der Waals surface area contributed by atoms with Crippen molar-refractivity contribution in [3.8, 4) is 0 Å². The van der Waals surface area contributed by atoms with E-state index in [1.807, 2.05) is 4.90 Å². The number of hydrogen-bond donors (Lipinski definition) is 0. The molecule has 0 bridgehead atoms. The number of rotatable bonds is 6. The summed E-state index contributed by atoms with van der Waals surface area (Å²) in [4.78, 5) is 13.1. The zero-order valence-electron chi connectivity index (χ0n) is 15.8. The third kappa shape index (κ3) is 7.21. The molecule has 2 aliphatic rings. The van der Waals surface area contributed by atoms with Crippen molar-refractivity contribution >= 4 is 5.91 Å². The number of amides is 1. The Kier molecular flexibility index (Phi) is 9.80. The highest BCUT2D eigenvalue weighted by Crippen LogP contribution is 2.23. The van der Waals surface area contributed by atoms with Crippen LogP contribution >= 0.6 is 0 Å². The fraction of sp³-hybridized carbons (Fsp3) is 0.947. The van der Waals surface area contributed by atoms with Crippen LogP contribution in [0.25, 0.3) is 0 Å². The second-order valence-electron chi connectivity index (χ2n) is 6.87. The molecule has 4 unspecified atom stereocenters. The first-order chi connectivity index (χ1) is 11.0. The average Bonchev–Trinajstić information content (AvgIpc) is 2.98. The quantitative estimate of drug-likeness (QED) is 0.720. The summed E-state index contributed by atoms with van der Waals surface area (Å²) < 4.78 is 11.5. The van der Waals surface area contributed by atoms with E-state index in [9.17, 15) is 4.79 Å². The van der Waals surface area contributed by atoms with Gasteiger partial charge in [-0.05, 0) is 52.4 Å². The maximum atomic E-state index is 11.1. The molecule has 4 atom stereocenters. The Morgan fingerprint density at radius 2 is 2.00 bits per heavy atom. The topological polar surface area (TPSA) is 38.8 Å². The lowest BCUT2D eigenvalue weighted by atomic mass is 10.1. The minimum absolute atomic E-state index is 0.0636. The van der Waals surface area contributed by atoms with Gasteiger partial charge in [-0.3, -0.25) is 4.79 Å². The predicted octanol–water partition coefficient (Wildman–Crippen LogP) is 4.51. The van der Waals surface area contributed by atoms with Gasteiger partial charge < -0.3 is 14.4 Å². The van der Waals surface area contributed by atoms with E-state index in [2.05, 4.69) is 34.6 Å². The van der Waals surface area contributed by atoms with Gasteiger partial charge in [0.05, 0.1) is 12.2 Å². The molecule has 2 aliphatic heterocycles. The Hall–Kier alpha value is -0.610. The lowest BCUT2D eigenvalue weighted by Crippen LogP contribution is -2.36. The Morgan fingerprint density at radius 3 is 2.52 bits per heavy atom. The number of carbonyl (C=O) groups is 1. The van der Waals surface area contributed by atoms with E-state index in [1.54, 1.807) is 0 Å². The van der Waals surface area contributed by atoms with Crippen LogP contribution in [0.2, 0.25) is 0 Å². The van der Waals surface area contributed by atoms with Crippen LogP contribution in [-0.2, 0) is 14.3 Å². The molecule has 2 rings (SSSR count). The van der Waals surface area contributed by atoms with Crippen molar-refractivity contribution in [3.63, 3.8) is 0 Å². The molecule has 136 valence electrons. The average molecular weight is 328 g/mol. The molecule has 0 aliphatic carbocycles. The normalized spacial score (nSPS) is 29.2. The standard InChI is InChI=1S/C11H22O2.C8H15NO/c1-4-6-7-11-12-9(3)8-10(5-2)13-11;1-3-7(2)9-6-4-5-8(9)10/h9-11H,4-8H2,1-3H3;7H,3-6H2,1-2H3. The summed E-state index contributed by atoms with van der Waals surface area (Å²) in [6.07, 6.45) is 9.40. The number of unbranched alkanes of at least 4 members (excludes halogenated alkanes) is 1. The van der Waals surface area contributed by atoms with Crippen molar-refractivity contribution in [2.75, 3.05) is 6.54 Å². The summed E-state index contributed by atoms with van der Waals surface area (Å²) in [6.45, 7) is 11.7. The van der Waals surface area contributed by atoms with Crippen LogP contribution in [0.3, 0.4) is 0 Å². The third-order valence-corrected chi connectivity index (χ3v) is 4.80. The number of carbonyl (C=O) groups excluding carboxylic acids is 1. The fourth-order valence-corrected chi connectivity index (χ4v) is 3.11. The molecule has 2 heterocycles. The molecule has 2 saturated heterocycles. The lowest BCUT2D eigenvalue weighted by Gasteiger charge is -2.33. The molecule has 4 heteroatoms. The number of likely N-dealkylation sites (tertiary alicyclic amines) is 1. The van der Waals surface area contributed by atoms with Crippen molar-refractivity contribution < 1.29 is 14.3 Å². The van der Waals surface area contributed by atoms with E-state index in [0.717, 1.165) is 45.1 Å². The van der Waals surface area contributed by atoms with Gasteiger partial charge in [0.2, 0.25) is 5.91 Å². The SMILES string of the molecule is CCC(C)N1CCCC1=O.CCCCC1OC(C)CC(CC)O1. The summed E-state index contributed by atoms with van der Waals surface area (Å²) in [5, 5.41) is 0. The molecule has 0 aromatic carbocycles. The first-order valence-electron chi connectivity index (χ1n) is 9.62. The smallest absolute Gasteiger partial charge is 0.222 e. The van der Waals surface area contributed by atoms with Crippen molar-refractivity contribution in [2.24, 2.45) is 0 Å². The van der Waals surface area contributed by atoms with Gasteiger partial charge in [0.25, 0.3) is 0 Å². The second-order valence-corrected chi connectivity index (χ2v) is 6.87. The molecule has 0 aromatic heterocycles. The van der Waals surface area contributed by atoms with Crippen LogP contribution in [0, 0.1) is 0 Å². The van der Waals surface area contributed by atoms with E-state index in [4.69, 9.17) is 9.47 Å². The van der Waals surface area contributed by atoms with Crippen molar-refractivity contribution in [1.29, 1.82) is 0 Å². The van der Waals surface area contributed by atoms with Gasteiger partial charge in [0.15, 0.2) is 6.29 Å². The van der Waals surface area contributed by atoms with Gasteiger partial charge in [0, 0.05) is 19.0 Å². The maximum absolute atomic E-state index is 11.1. The second kappa shape index (κ2) is 11.0. The summed E-state index contributed by atoms with van der Waals surface area (Å²) in [5.41, 5.74) is 0. The van der Waals surface area contributed by atoms with Gasteiger partial charge in [0.1, 0.15) is 0 Å². The molecule has 1 amide bonds. The van der Waals surface area contributed by atoms with E-state index in [0.29, 0.717) is 24.2 Å². The number of nitrogens with zero attached hydrogens (tertiary/aromatic N) is 1.